The summed E-state index contributed by atoms with van der Waals surface area (Å²) in [4.78, 5) is 2.71. The second-order valence-corrected chi connectivity index (χ2v) is 5.70. The Morgan fingerprint density at radius 3 is 2.44 bits per heavy atom. The molecule has 2 nitrogen and oxygen atoms in total. The molecule has 0 amide bonds. The monoisotopic (exact) mass is 224 g/mol. The molecule has 1 N–H and O–H groups in total. The Kier molecular flexibility index (Phi) is 4.66. The number of nitrogens with zero attached hydrogens (tertiary/aromatic N) is 1. The van der Waals surface area contributed by atoms with Gasteiger partial charge in [0.2, 0.25) is 0 Å². The van der Waals surface area contributed by atoms with Crippen LogP contribution in [0.2, 0.25) is 0 Å². The first kappa shape index (κ1) is 12.4. The van der Waals surface area contributed by atoms with Gasteiger partial charge in [-0.25, -0.2) is 0 Å². The first-order chi connectivity index (χ1) is 7.83. The number of nitrogens with one attached hydrogen (secondary N) is 1. The molecule has 2 fully saturated rings. The van der Waals surface area contributed by atoms with E-state index in [2.05, 4.69) is 24.1 Å². The SMILES string of the molecule is CCCN(CC1CC1)CC(NCC)C1CC1. The van der Waals surface area contributed by atoms with Crippen molar-refractivity contribution in [3.05, 3.63) is 0 Å². The number of likely N-dealkylation sites (N-methyl/N-ethyl adjacent to an activating group) is 1. The molecule has 2 aliphatic rings. The fraction of sp³-hybridized carbons (Fsp3) is 1.00. The molecular formula is C14H28N2. The molecule has 16 heavy (non-hydrogen) atoms. The topological polar surface area (TPSA) is 15.3 Å². The molecule has 94 valence electrons. The molecule has 0 aromatic rings. The van der Waals surface area contributed by atoms with Crippen molar-refractivity contribution in [3.8, 4) is 0 Å². The van der Waals surface area contributed by atoms with Crippen LogP contribution in [0.4, 0.5) is 0 Å². The Morgan fingerprint density at radius 1 is 1.19 bits per heavy atom. The molecule has 2 rings (SSSR count). The normalized spacial score (nSPS) is 22.7. The van der Waals surface area contributed by atoms with E-state index in [0.717, 1.165) is 24.4 Å². The quantitative estimate of drug-likeness (QED) is 0.647. The highest BCUT2D eigenvalue weighted by atomic mass is 15.2. The third-order valence-corrected chi connectivity index (χ3v) is 3.87. The van der Waals surface area contributed by atoms with Crippen molar-refractivity contribution < 1.29 is 0 Å². The summed E-state index contributed by atoms with van der Waals surface area (Å²) in [5.41, 5.74) is 0. The Bertz CT molecular complexity index is 197. The second-order valence-electron chi connectivity index (χ2n) is 5.70. The largest absolute Gasteiger partial charge is 0.313 e. The molecule has 1 unspecified atom stereocenters. The van der Waals surface area contributed by atoms with E-state index < -0.39 is 0 Å². The summed E-state index contributed by atoms with van der Waals surface area (Å²) in [5, 5.41) is 3.69. The van der Waals surface area contributed by atoms with Crippen LogP contribution in [-0.4, -0.2) is 37.1 Å². The molecule has 0 bridgehead atoms. The van der Waals surface area contributed by atoms with Gasteiger partial charge in [0.05, 0.1) is 0 Å². The Labute approximate surface area is 101 Å². The van der Waals surface area contributed by atoms with Gasteiger partial charge in [0, 0.05) is 19.1 Å². The molecule has 2 saturated carbocycles. The van der Waals surface area contributed by atoms with Crippen molar-refractivity contribution in [1.29, 1.82) is 0 Å². The number of hydrogen-bond acceptors (Lipinski definition) is 2. The van der Waals surface area contributed by atoms with E-state index in [0.29, 0.717) is 0 Å². The molecule has 0 radical (unpaired) electrons. The maximum absolute atomic E-state index is 3.69. The third-order valence-electron chi connectivity index (χ3n) is 3.87. The Hall–Kier alpha value is -0.0800. The van der Waals surface area contributed by atoms with Crippen molar-refractivity contribution in [1.82, 2.24) is 10.2 Å². The van der Waals surface area contributed by atoms with Crippen molar-refractivity contribution in [2.45, 2.75) is 52.0 Å². The predicted octanol–water partition coefficient (Wildman–Crippen LogP) is 2.50. The van der Waals surface area contributed by atoms with Crippen LogP contribution in [0.5, 0.6) is 0 Å². The molecular weight excluding hydrogens is 196 g/mol. The average Bonchev–Trinajstić information content (AvgIpc) is 3.12. The zero-order chi connectivity index (χ0) is 11.4. The zero-order valence-corrected chi connectivity index (χ0v) is 11.0. The number of hydrogen-bond donors (Lipinski definition) is 1. The number of rotatable bonds is 9. The maximum atomic E-state index is 3.69. The lowest BCUT2D eigenvalue weighted by Gasteiger charge is -2.27. The van der Waals surface area contributed by atoms with Crippen molar-refractivity contribution in [2.24, 2.45) is 11.8 Å². The molecule has 1 atom stereocenters. The first-order valence-electron chi connectivity index (χ1n) is 7.29. The van der Waals surface area contributed by atoms with Crippen LogP contribution in [0.3, 0.4) is 0 Å². The van der Waals surface area contributed by atoms with Gasteiger partial charge in [-0.05, 0) is 57.0 Å². The van der Waals surface area contributed by atoms with E-state index in [9.17, 15) is 0 Å². The summed E-state index contributed by atoms with van der Waals surface area (Å²) >= 11 is 0. The van der Waals surface area contributed by atoms with E-state index in [1.165, 1.54) is 51.7 Å². The summed E-state index contributed by atoms with van der Waals surface area (Å²) in [5.74, 6) is 2.02. The highest BCUT2D eigenvalue weighted by molar-refractivity contribution is 4.89. The van der Waals surface area contributed by atoms with E-state index in [1.54, 1.807) is 0 Å². The summed E-state index contributed by atoms with van der Waals surface area (Å²) in [7, 11) is 0. The van der Waals surface area contributed by atoms with Crippen molar-refractivity contribution >= 4 is 0 Å². The fourth-order valence-corrected chi connectivity index (χ4v) is 2.66. The zero-order valence-electron chi connectivity index (χ0n) is 11.0. The van der Waals surface area contributed by atoms with E-state index in [1.807, 2.05) is 0 Å². The molecule has 0 heterocycles. The van der Waals surface area contributed by atoms with Crippen molar-refractivity contribution in [2.75, 3.05) is 26.2 Å². The van der Waals surface area contributed by atoms with Crippen LogP contribution >= 0.6 is 0 Å². The van der Waals surface area contributed by atoms with Gasteiger partial charge in [0.1, 0.15) is 0 Å². The highest BCUT2D eigenvalue weighted by Crippen LogP contribution is 2.34. The lowest BCUT2D eigenvalue weighted by molar-refractivity contribution is 0.224. The summed E-state index contributed by atoms with van der Waals surface area (Å²) in [6.45, 7) is 9.63. The minimum absolute atomic E-state index is 0.773. The van der Waals surface area contributed by atoms with Gasteiger partial charge in [-0.15, -0.1) is 0 Å². The van der Waals surface area contributed by atoms with E-state index in [4.69, 9.17) is 0 Å². The van der Waals surface area contributed by atoms with E-state index in [-0.39, 0.29) is 0 Å². The summed E-state index contributed by atoms with van der Waals surface area (Å²) in [6, 6.07) is 0.773. The standard InChI is InChI=1S/C14H28N2/c1-3-9-16(10-12-5-6-12)11-14(15-4-2)13-7-8-13/h12-15H,3-11H2,1-2H3. The third kappa shape index (κ3) is 4.06. The van der Waals surface area contributed by atoms with Gasteiger partial charge in [-0.1, -0.05) is 13.8 Å². The Morgan fingerprint density at radius 2 is 1.94 bits per heavy atom. The van der Waals surface area contributed by atoms with Crippen molar-refractivity contribution in [3.63, 3.8) is 0 Å². The highest BCUT2D eigenvalue weighted by Gasteiger charge is 2.32. The molecule has 0 aromatic heterocycles. The molecule has 2 aliphatic carbocycles. The molecule has 0 aromatic carbocycles. The minimum Gasteiger partial charge on any atom is -0.313 e. The molecule has 0 spiro atoms. The summed E-state index contributed by atoms with van der Waals surface area (Å²) in [6.07, 6.45) is 7.18. The Balaban J connectivity index is 1.75. The smallest absolute Gasteiger partial charge is 0.0223 e. The maximum Gasteiger partial charge on any atom is 0.0223 e. The van der Waals surface area contributed by atoms with Gasteiger partial charge in [0.15, 0.2) is 0 Å². The van der Waals surface area contributed by atoms with Gasteiger partial charge < -0.3 is 10.2 Å². The lowest BCUT2D eigenvalue weighted by atomic mass is 10.1. The van der Waals surface area contributed by atoms with Crippen LogP contribution in [0, 0.1) is 11.8 Å². The predicted molar refractivity (Wildman–Crippen MR) is 69.6 cm³/mol. The van der Waals surface area contributed by atoms with Crippen LogP contribution in [0.15, 0.2) is 0 Å². The van der Waals surface area contributed by atoms with E-state index >= 15 is 0 Å². The van der Waals surface area contributed by atoms with Crippen LogP contribution < -0.4 is 5.32 Å². The van der Waals surface area contributed by atoms with Crippen LogP contribution in [0.25, 0.3) is 0 Å². The molecule has 0 aliphatic heterocycles. The van der Waals surface area contributed by atoms with Gasteiger partial charge in [-0.3, -0.25) is 0 Å². The average molecular weight is 224 g/mol. The molecule has 0 saturated heterocycles. The summed E-state index contributed by atoms with van der Waals surface area (Å²) < 4.78 is 0. The van der Waals surface area contributed by atoms with Crippen LogP contribution in [-0.2, 0) is 0 Å². The second kappa shape index (κ2) is 6.02. The lowest BCUT2D eigenvalue weighted by Crippen LogP contribution is -2.43. The van der Waals surface area contributed by atoms with Crippen LogP contribution in [0.1, 0.15) is 46.0 Å². The van der Waals surface area contributed by atoms with Gasteiger partial charge in [-0.2, -0.15) is 0 Å². The first-order valence-corrected chi connectivity index (χ1v) is 7.29. The minimum atomic E-state index is 0.773. The fourth-order valence-electron chi connectivity index (χ4n) is 2.66. The van der Waals surface area contributed by atoms with Gasteiger partial charge in [0.25, 0.3) is 0 Å². The van der Waals surface area contributed by atoms with Gasteiger partial charge >= 0.3 is 0 Å². The molecule has 2 heteroatoms.